The first-order valence-electron chi connectivity index (χ1n) is 5.36. The summed E-state index contributed by atoms with van der Waals surface area (Å²) in [5.41, 5.74) is 6.28. The van der Waals surface area contributed by atoms with Crippen molar-refractivity contribution in [2.24, 2.45) is 11.7 Å². The molecule has 0 saturated heterocycles. The first-order chi connectivity index (χ1) is 7.95. The van der Waals surface area contributed by atoms with Crippen molar-refractivity contribution in [1.29, 1.82) is 0 Å². The molecule has 0 fully saturated rings. The molecular formula is C11H16ClN3O2. The zero-order chi connectivity index (χ0) is 13.0. The minimum atomic E-state index is -0.474. The van der Waals surface area contributed by atoms with Gasteiger partial charge in [0.2, 0.25) is 0 Å². The molecular weight excluding hydrogens is 242 g/mol. The highest BCUT2D eigenvalue weighted by atomic mass is 35.5. The molecule has 0 heterocycles. The number of nitro groups is 1. The first kappa shape index (κ1) is 13.7. The summed E-state index contributed by atoms with van der Waals surface area (Å²) in [7, 11) is 0. The molecule has 6 heteroatoms. The summed E-state index contributed by atoms with van der Waals surface area (Å²) < 4.78 is 0. The van der Waals surface area contributed by atoms with Crippen LogP contribution in [0, 0.1) is 16.0 Å². The lowest BCUT2D eigenvalue weighted by Gasteiger charge is -2.22. The summed E-state index contributed by atoms with van der Waals surface area (Å²) in [5, 5.41) is 14.1. The topological polar surface area (TPSA) is 81.2 Å². The number of hydrogen-bond acceptors (Lipinski definition) is 4. The molecule has 17 heavy (non-hydrogen) atoms. The predicted octanol–water partition coefficient (Wildman–Crippen LogP) is 2.64. The lowest BCUT2D eigenvalue weighted by molar-refractivity contribution is -0.384. The Morgan fingerprint density at radius 2 is 2.18 bits per heavy atom. The second kappa shape index (κ2) is 5.84. The molecule has 1 aromatic carbocycles. The van der Waals surface area contributed by atoms with Crippen molar-refractivity contribution in [1.82, 2.24) is 0 Å². The van der Waals surface area contributed by atoms with Crippen LogP contribution in [-0.4, -0.2) is 17.5 Å². The van der Waals surface area contributed by atoms with Gasteiger partial charge in [0.05, 0.1) is 15.6 Å². The summed E-state index contributed by atoms with van der Waals surface area (Å²) in [6.45, 7) is 4.57. The number of nitrogens with one attached hydrogen (secondary N) is 1. The van der Waals surface area contributed by atoms with Gasteiger partial charge in [-0.2, -0.15) is 0 Å². The molecule has 1 unspecified atom stereocenters. The smallest absolute Gasteiger partial charge is 0.271 e. The monoisotopic (exact) mass is 257 g/mol. The van der Waals surface area contributed by atoms with Crippen LogP contribution < -0.4 is 11.1 Å². The van der Waals surface area contributed by atoms with E-state index in [-0.39, 0.29) is 11.7 Å². The minimum absolute atomic E-state index is 0.0191. The van der Waals surface area contributed by atoms with Crippen LogP contribution in [0.2, 0.25) is 5.02 Å². The van der Waals surface area contributed by atoms with Gasteiger partial charge in [-0.3, -0.25) is 10.1 Å². The van der Waals surface area contributed by atoms with Crippen molar-refractivity contribution in [3.63, 3.8) is 0 Å². The fraction of sp³-hybridized carbons (Fsp3) is 0.455. The summed E-state index contributed by atoms with van der Waals surface area (Å²) in [5.74, 6) is 0.353. The van der Waals surface area contributed by atoms with Gasteiger partial charge in [0.1, 0.15) is 0 Å². The number of nitrogens with zero attached hydrogens (tertiary/aromatic N) is 1. The largest absolute Gasteiger partial charge is 0.380 e. The third kappa shape index (κ3) is 3.57. The van der Waals surface area contributed by atoms with Crippen molar-refractivity contribution < 1.29 is 4.92 Å². The number of hydrogen-bond donors (Lipinski definition) is 2. The Morgan fingerprint density at radius 1 is 1.53 bits per heavy atom. The number of benzene rings is 1. The van der Waals surface area contributed by atoms with Crippen LogP contribution in [0.5, 0.6) is 0 Å². The first-order valence-corrected chi connectivity index (χ1v) is 5.74. The third-order valence-corrected chi connectivity index (χ3v) is 2.88. The SMILES string of the molecule is CC(C)C(CN)Nc1ccc([N+](=O)[O-])cc1Cl. The molecule has 0 aliphatic heterocycles. The van der Waals surface area contributed by atoms with E-state index in [9.17, 15) is 10.1 Å². The molecule has 0 radical (unpaired) electrons. The maximum atomic E-state index is 10.6. The second-order valence-electron chi connectivity index (χ2n) is 4.15. The maximum absolute atomic E-state index is 10.6. The molecule has 94 valence electrons. The van der Waals surface area contributed by atoms with Crippen LogP contribution in [-0.2, 0) is 0 Å². The quantitative estimate of drug-likeness (QED) is 0.628. The predicted molar refractivity (Wildman–Crippen MR) is 69.4 cm³/mol. The average molecular weight is 258 g/mol. The molecule has 0 saturated carbocycles. The molecule has 3 N–H and O–H groups in total. The van der Waals surface area contributed by atoms with Gasteiger partial charge in [0.15, 0.2) is 0 Å². The zero-order valence-corrected chi connectivity index (χ0v) is 10.6. The molecule has 1 rings (SSSR count). The van der Waals surface area contributed by atoms with Crippen molar-refractivity contribution in [2.45, 2.75) is 19.9 Å². The number of rotatable bonds is 5. The van der Waals surface area contributed by atoms with Crippen LogP contribution in [0.1, 0.15) is 13.8 Å². The molecule has 5 nitrogen and oxygen atoms in total. The highest BCUT2D eigenvalue weighted by Gasteiger charge is 2.14. The van der Waals surface area contributed by atoms with Gasteiger partial charge in [-0.05, 0) is 12.0 Å². The van der Waals surface area contributed by atoms with Gasteiger partial charge in [0, 0.05) is 24.7 Å². The van der Waals surface area contributed by atoms with E-state index in [1.165, 1.54) is 12.1 Å². The number of nitrogens with two attached hydrogens (primary N) is 1. The Morgan fingerprint density at radius 3 is 2.59 bits per heavy atom. The molecule has 0 bridgehead atoms. The second-order valence-corrected chi connectivity index (χ2v) is 4.56. The van der Waals surface area contributed by atoms with Crippen LogP contribution in [0.4, 0.5) is 11.4 Å². The van der Waals surface area contributed by atoms with Crippen LogP contribution in [0.25, 0.3) is 0 Å². The Labute approximate surface area is 105 Å². The van der Waals surface area contributed by atoms with Gasteiger partial charge >= 0.3 is 0 Å². The Hall–Kier alpha value is -1.33. The standard InChI is InChI=1S/C11H16ClN3O2/c1-7(2)11(6-13)14-10-4-3-8(15(16)17)5-9(10)12/h3-5,7,11,14H,6,13H2,1-2H3. The summed E-state index contributed by atoms with van der Waals surface area (Å²) >= 11 is 5.97. The highest BCUT2D eigenvalue weighted by molar-refractivity contribution is 6.33. The molecule has 1 atom stereocenters. The van der Waals surface area contributed by atoms with Crippen molar-refractivity contribution >= 4 is 23.0 Å². The van der Waals surface area contributed by atoms with E-state index in [0.717, 1.165) is 0 Å². The van der Waals surface area contributed by atoms with E-state index >= 15 is 0 Å². The van der Waals surface area contributed by atoms with Crippen molar-refractivity contribution in [2.75, 3.05) is 11.9 Å². The van der Waals surface area contributed by atoms with Crippen LogP contribution in [0.3, 0.4) is 0 Å². The normalized spacial score (nSPS) is 12.5. The number of nitro benzene ring substituents is 1. The fourth-order valence-corrected chi connectivity index (χ4v) is 1.66. The molecule has 0 aromatic heterocycles. The molecule has 1 aromatic rings. The Bertz CT molecular complexity index is 410. The number of non-ortho nitro benzene ring substituents is 1. The summed E-state index contributed by atoms with van der Waals surface area (Å²) in [6, 6.07) is 4.44. The van der Waals surface area contributed by atoms with Gasteiger partial charge in [-0.15, -0.1) is 0 Å². The van der Waals surface area contributed by atoms with Gasteiger partial charge in [-0.1, -0.05) is 25.4 Å². The van der Waals surface area contributed by atoms with Gasteiger partial charge in [0.25, 0.3) is 5.69 Å². The van der Waals surface area contributed by atoms with E-state index < -0.39 is 4.92 Å². The van der Waals surface area contributed by atoms with E-state index in [2.05, 4.69) is 5.32 Å². The molecule has 0 spiro atoms. The van der Waals surface area contributed by atoms with Gasteiger partial charge in [-0.25, -0.2) is 0 Å². The van der Waals surface area contributed by atoms with E-state index in [1.807, 2.05) is 13.8 Å². The average Bonchev–Trinajstić information content (AvgIpc) is 2.26. The highest BCUT2D eigenvalue weighted by Crippen LogP contribution is 2.27. The minimum Gasteiger partial charge on any atom is -0.380 e. The van der Waals surface area contributed by atoms with E-state index in [4.69, 9.17) is 17.3 Å². The Balaban J connectivity index is 2.89. The summed E-state index contributed by atoms with van der Waals surface area (Å²) in [4.78, 5) is 10.1. The number of halogens is 1. The van der Waals surface area contributed by atoms with E-state index in [0.29, 0.717) is 23.2 Å². The summed E-state index contributed by atoms with van der Waals surface area (Å²) in [6.07, 6.45) is 0. The van der Waals surface area contributed by atoms with E-state index in [1.54, 1.807) is 6.07 Å². The molecule has 0 amide bonds. The van der Waals surface area contributed by atoms with Crippen LogP contribution >= 0.6 is 11.6 Å². The Kier molecular flexibility index (Phi) is 4.72. The van der Waals surface area contributed by atoms with Gasteiger partial charge < -0.3 is 11.1 Å². The maximum Gasteiger partial charge on any atom is 0.271 e. The van der Waals surface area contributed by atoms with Crippen molar-refractivity contribution in [3.05, 3.63) is 33.3 Å². The lowest BCUT2D eigenvalue weighted by Crippen LogP contribution is -2.33. The van der Waals surface area contributed by atoms with Crippen LogP contribution in [0.15, 0.2) is 18.2 Å². The zero-order valence-electron chi connectivity index (χ0n) is 9.81. The number of anilines is 1. The van der Waals surface area contributed by atoms with Crippen molar-refractivity contribution in [3.8, 4) is 0 Å². The lowest BCUT2D eigenvalue weighted by atomic mass is 10.0. The fourth-order valence-electron chi connectivity index (χ4n) is 1.43. The third-order valence-electron chi connectivity index (χ3n) is 2.56. The molecule has 0 aliphatic carbocycles. The molecule has 0 aliphatic rings.